The van der Waals surface area contributed by atoms with E-state index in [1.54, 1.807) is 11.3 Å². The third-order valence-corrected chi connectivity index (χ3v) is 4.77. The predicted octanol–water partition coefficient (Wildman–Crippen LogP) is 1.72. The summed E-state index contributed by atoms with van der Waals surface area (Å²) >= 11 is 1.67. The first-order valence-electron chi connectivity index (χ1n) is 7.33. The Balaban J connectivity index is 1.59. The summed E-state index contributed by atoms with van der Waals surface area (Å²) < 4.78 is 5.53. The van der Waals surface area contributed by atoms with Crippen molar-refractivity contribution in [1.82, 2.24) is 4.90 Å². The van der Waals surface area contributed by atoms with Crippen molar-refractivity contribution >= 4 is 11.3 Å². The highest BCUT2D eigenvalue weighted by atomic mass is 32.1. The summed E-state index contributed by atoms with van der Waals surface area (Å²) in [5, 5.41) is 21.6. The molecule has 0 radical (unpaired) electrons. The van der Waals surface area contributed by atoms with Gasteiger partial charge in [0.2, 0.25) is 0 Å². The smallest absolute Gasteiger partial charge is 0.0900 e. The average Bonchev–Trinajstić information content (AvgIpc) is 2.92. The molecule has 5 heteroatoms. The molecule has 0 bridgehead atoms. The molecule has 20 heavy (non-hydrogen) atoms. The van der Waals surface area contributed by atoms with Gasteiger partial charge in [-0.1, -0.05) is 6.07 Å². The number of β-amino-alcohol motifs (C(OH)–C–C–N with tert-alkyl or cyclic N) is 1. The van der Waals surface area contributed by atoms with E-state index >= 15 is 0 Å². The van der Waals surface area contributed by atoms with Crippen LogP contribution in [0.15, 0.2) is 17.5 Å². The summed E-state index contributed by atoms with van der Waals surface area (Å²) in [4.78, 5) is 3.45. The summed E-state index contributed by atoms with van der Waals surface area (Å²) in [5.41, 5.74) is 0. The van der Waals surface area contributed by atoms with Gasteiger partial charge in [0.25, 0.3) is 0 Å². The van der Waals surface area contributed by atoms with Crippen LogP contribution in [-0.4, -0.2) is 53.6 Å². The topological polar surface area (TPSA) is 52.9 Å². The Kier molecular flexibility index (Phi) is 6.45. The van der Waals surface area contributed by atoms with Crippen molar-refractivity contribution in [3.8, 4) is 0 Å². The van der Waals surface area contributed by atoms with Gasteiger partial charge in [0.05, 0.1) is 25.4 Å². The molecule has 0 spiro atoms. The molecule has 1 aliphatic rings. The maximum atomic E-state index is 9.99. The second-order valence-electron chi connectivity index (χ2n) is 5.63. The van der Waals surface area contributed by atoms with Gasteiger partial charge < -0.3 is 19.8 Å². The molecule has 0 aromatic carbocycles. The highest BCUT2D eigenvalue weighted by Crippen LogP contribution is 2.20. The molecule has 2 unspecified atom stereocenters. The van der Waals surface area contributed by atoms with E-state index in [0.29, 0.717) is 25.7 Å². The minimum absolute atomic E-state index is 0.212. The summed E-state index contributed by atoms with van der Waals surface area (Å²) in [5.74, 6) is 0.415. The van der Waals surface area contributed by atoms with Crippen molar-refractivity contribution in [2.75, 3.05) is 26.2 Å². The second-order valence-corrected chi connectivity index (χ2v) is 6.66. The van der Waals surface area contributed by atoms with Crippen LogP contribution in [0.2, 0.25) is 0 Å². The van der Waals surface area contributed by atoms with Gasteiger partial charge in [0, 0.05) is 11.4 Å². The van der Waals surface area contributed by atoms with E-state index in [4.69, 9.17) is 4.74 Å². The fourth-order valence-electron chi connectivity index (χ4n) is 2.66. The summed E-state index contributed by atoms with van der Waals surface area (Å²) in [6.45, 7) is 5.41. The SMILES string of the molecule is CC(O)C1CCN(CC(O)COCc2cccs2)CC1. The van der Waals surface area contributed by atoms with Gasteiger partial charge >= 0.3 is 0 Å². The second kappa shape index (κ2) is 8.10. The van der Waals surface area contributed by atoms with Crippen molar-refractivity contribution in [3.05, 3.63) is 22.4 Å². The first-order chi connectivity index (χ1) is 9.65. The van der Waals surface area contributed by atoms with Crippen LogP contribution >= 0.6 is 11.3 Å². The molecule has 1 fully saturated rings. The van der Waals surface area contributed by atoms with E-state index in [1.165, 1.54) is 4.88 Å². The number of aliphatic hydroxyl groups is 2. The van der Waals surface area contributed by atoms with Crippen molar-refractivity contribution in [1.29, 1.82) is 0 Å². The fraction of sp³-hybridized carbons (Fsp3) is 0.733. The van der Waals surface area contributed by atoms with Crippen molar-refractivity contribution < 1.29 is 14.9 Å². The molecule has 2 atom stereocenters. The van der Waals surface area contributed by atoms with Crippen LogP contribution in [0.3, 0.4) is 0 Å². The Morgan fingerprint density at radius 3 is 2.75 bits per heavy atom. The number of hydrogen-bond donors (Lipinski definition) is 2. The number of aliphatic hydroxyl groups excluding tert-OH is 2. The lowest BCUT2D eigenvalue weighted by Gasteiger charge is -2.34. The lowest BCUT2D eigenvalue weighted by atomic mass is 9.92. The normalized spacial score (nSPS) is 20.9. The van der Waals surface area contributed by atoms with E-state index in [2.05, 4.69) is 4.90 Å². The largest absolute Gasteiger partial charge is 0.393 e. The highest BCUT2D eigenvalue weighted by Gasteiger charge is 2.23. The average molecular weight is 299 g/mol. The molecule has 1 aromatic rings. The molecule has 2 rings (SSSR count). The van der Waals surface area contributed by atoms with E-state index in [9.17, 15) is 10.2 Å². The Bertz CT molecular complexity index is 361. The number of hydrogen-bond acceptors (Lipinski definition) is 5. The Morgan fingerprint density at radius 1 is 1.40 bits per heavy atom. The van der Waals surface area contributed by atoms with Crippen LogP contribution in [0.5, 0.6) is 0 Å². The first kappa shape index (κ1) is 15.9. The Morgan fingerprint density at radius 2 is 2.15 bits per heavy atom. The predicted molar refractivity (Wildman–Crippen MR) is 80.8 cm³/mol. The fourth-order valence-corrected chi connectivity index (χ4v) is 3.30. The van der Waals surface area contributed by atoms with Gasteiger partial charge in [0.1, 0.15) is 0 Å². The molecule has 4 nitrogen and oxygen atoms in total. The van der Waals surface area contributed by atoms with Crippen LogP contribution in [0.1, 0.15) is 24.6 Å². The zero-order chi connectivity index (χ0) is 14.4. The lowest BCUT2D eigenvalue weighted by molar-refractivity contribution is -0.00111. The zero-order valence-electron chi connectivity index (χ0n) is 12.1. The minimum atomic E-state index is -0.432. The Labute approximate surface area is 125 Å². The standard InChI is InChI=1S/C15H25NO3S/c1-12(17)13-4-6-16(7-5-13)9-14(18)10-19-11-15-3-2-8-20-15/h2-3,8,12-14,17-18H,4-7,9-11H2,1H3. The van der Waals surface area contributed by atoms with E-state index in [1.807, 2.05) is 24.4 Å². The third-order valence-electron chi connectivity index (χ3n) is 3.92. The van der Waals surface area contributed by atoms with Gasteiger partial charge in [-0.15, -0.1) is 11.3 Å². The molecule has 1 aromatic heterocycles. The molecule has 114 valence electrons. The van der Waals surface area contributed by atoms with Crippen molar-refractivity contribution in [2.24, 2.45) is 5.92 Å². The molecule has 0 saturated carbocycles. The van der Waals surface area contributed by atoms with E-state index in [-0.39, 0.29) is 6.10 Å². The Hall–Kier alpha value is -0.460. The molecule has 0 amide bonds. The van der Waals surface area contributed by atoms with E-state index in [0.717, 1.165) is 25.9 Å². The van der Waals surface area contributed by atoms with Gasteiger partial charge in [-0.25, -0.2) is 0 Å². The zero-order valence-corrected chi connectivity index (χ0v) is 12.9. The number of rotatable bonds is 7. The number of nitrogens with zero attached hydrogens (tertiary/aromatic N) is 1. The maximum absolute atomic E-state index is 9.99. The third kappa shape index (κ3) is 5.14. The first-order valence-corrected chi connectivity index (χ1v) is 8.21. The van der Waals surface area contributed by atoms with Gasteiger partial charge in [-0.2, -0.15) is 0 Å². The molecule has 2 heterocycles. The molecule has 1 saturated heterocycles. The lowest BCUT2D eigenvalue weighted by Crippen LogP contribution is -2.42. The molecular weight excluding hydrogens is 274 g/mol. The minimum Gasteiger partial charge on any atom is -0.393 e. The quantitative estimate of drug-likeness (QED) is 0.805. The number of ether oxygens (including phenoxy) is 1. The van der Waals surface area contributed by atoms with Crippen molar-refractivity contribution in [3.63, 3.8) is 0 Å². The molecule has 2 N–H and O–H groups in total. The number of likely N-dealkylation sites (tertiary alicyclic amines) is 1. The van der Waals surface area contributed by atoms with Crippen LogP contribution in [-0.2, 0) is 11.3 Å². The van der Waals surface area contributed by atoms with Crippen LogP contribution in [0.4, 0.5) is 0 Å². The number of piperidine rings is 1. The highest BCUT2D eigenvalue weighted by molar-refractivity contribution is 7.09. The summed E-state index contributed by atoms with van der Waals surface area (Å²) in [6.07, 6.45) is 1.38. The monoisotopic (exact) mass is 299 g/mol. The van der Waals surface area contributed by atoms with E-state index < -0.39 is 6.10 Å². The van der Waals surface area contributed by atoms with Gasteiger partial charge in [0.15, 0.2) is 0 Å². The maximum Gasteiger partial charge on any atom is 0.0900 e. The molecular formula is C15H25NO3S. The van der Waals surface area contributed by atoms with Crippen LogP contribution in [0, 0.1) is 5.92 Å². The molecule has 1 aliphatic heterocycles. The van der Waals surface area contributed by atoms with Gasteiger partial charge in [-0.05, 0) is 50.2 Å². The van der Waals surface area contributed by atoms with Crippen LogP contribution in [0.25, 0.3) is 0 Å². The summed E-state index contributed by atoms with van der Waals surface area (Å²) in [7, 11) is 0. The molecule has 0 aliphatic carbocycles. The summed E-state index contributed by atoms with van der Waals surface area (Å²) in [6, 6.07) is 4.05. The number of thiophene rings is 1. The van der Waals surface area contributed by atoms with Gasteiger partial charge in [-0.3, -0.25) is 0 Å². The van der Waals surface area contributed by atoms with Crippen LogP contribution < -0.4 is 0 Å². The van der Waals surface area contributed by atoms with Crippen molar-refractivity contribution in [2.45, 2.75) is 38.6 Å².